The zero-order chi connectivity index (χ0) is 14.2. The van der Waals surface area contributed by atoms with Crippen LogP contribution in [0.15, 0.2) is 55.3 Å². The van der Waals surface area contributed by atoms with Crippen molar-refractivity contribution < 1.29 is 0 Å². The largest absolute Gasteiger partial charge is 0.372 e. The second-order valence-corrected chi connectivity index (χ2v) is 5.15. The van der Waals surface area contributed by atoms with Gasteiger partial charge in [-0.15, -0.1) is 0 Å². The minimum absolute atomic E-state index is 0.764. The van der Waals surface area contributed by atoms with E-state index in [1.165, 1.54) is 5.56 Å². The number of fused-ring (bicyclic) bond motifs is 1. The van der Waals surface area contributed by atoms with Gasteiger partial charge in [0.1, 0.15) is 11.5 Å². The van der Waals surface area contributed by atoms with E-state index in [-0.39, 0.29) is 0 Å². The van der Waals surface area contributed by atoms with Gasteiger partial charge >= 0.3 is 0 Å². The number of hydrogen-bond acceptors (Lipinski definition) is 4. The molecule has 0 spiro atoms. The van der Waals surface area contributed by atoms with Gasteiger partial charge in [-0.3, -0.25) is 0 Å². The van der Waals surface area contributed by atoms with Crippen LogP contribution in [0.3, 0.4) is 0 Å². The Morgan fingerprint density at radius 1 is 1.14 bits per heavy atom. The quantitative estimate of drug-likeness (QED) is 0.782. The number of pyridine rings is 2. The van der Waals surface area contributed by atoms with Gasteiger partial charge < -0.3 is 14.6 Å². The molecule has 1 N–H and O–H groups in total. The van der Waals surface area contributed by atoms with Crippen molar-refractivity contribution in [3.63, 3.8) is 0 Å². The third-order valence-electron chi connectivity index (χ3n) is 3.57. The molecule has 0 unspecified atom stereocenters. The Hall–Kier alpha value is -2.82. The van der Waals surface area contributed by atoms with Crippen molar-refractivity contribution in [3.05, 3.63) is 60.8 Å². The summed E-state index contributed by atoms with van der Waals surface area (Å²) in [4.78, 5) is 11.2. The summed E-state index contributed by atoms with van der Waals surface area (Å²) in [6.45, 7) is 2.84. The minimum Gasteiger partial charge on any atom is -0.372 e. The van der Waals surface area contributed by atoms with Crippen molar-refractivity contribution in [2.24, 2.45) is 0 Å². The summed E-state index contributed by atoms with van der Waals surface area (Å²) in [5, 5.41) is 3.13. The van der Waals surface area contributed by atoms with E-state index in [1.54, 1.807) is 0 Å². The first-order valence-electron chi connectivity index (χ1n) is 6.88. The Morgan fingerprint density at radius 3 is 2.86 bits per heavy atom. The Morgan fingerprint density at radius 2 is 2.10 bits per heavy atom. The molecule has 1 aliphatic heterocycles. The van der Waals surface area contributed by atoms with Crippen molar-refractivity contribution in [1.29, 1.82) is 0 Å². The second-order valence-electron chi connectivity index (χ2n) is 5.15. The zero-order valence-electron chi connectivity index (χ0n) is 11.7. The summed E-state index contributed by atoms with van der Waals surface area (Å²) in [7, 11) is 0. The van der Waals surface area contributed by atoms with E-state index < -0.39 is 0 Å². The third kappa shape index (κ3) is 2.12. The van der Waals surface area contributed by atoms with E-state index in [4.69, 9.17) is 0 Å². The van der Waals surface area contributed by atoms with Crippen LogP contribution >= 0.6 is 0 Å². The van der Waals surface area contributed by atoms with Gasteiger partial charge in [-0.1, -0.05) is 6.07 Å². The average molecular weight is 277 g/mol. The Balaban J connectivity index is 1.69. The van der Waals surface area contributed by atoms with Crippen molar-refractivity contribution >= 4 is 11.5 Å². The molecule has 3 aromatic heterocycles. The highest BCUT2D eigenvalue weighted by Crippen LogP contribution is 2.21. The standard InChI is InChI=1S/C16H15N5/c1-12-2-4-16-19-14(10-21(16)9-12)13-3-5-15(18-8-13)20-7-6-17-11-20/h2-10,17H,11H2,1H3. The molecule has 4 rings (SSSR count). The van der Waals surface area contributed by atoms with Crippen molar-refractivity contribution in [2.45, 2.75) is 6.92 Å². The number of imidazole rings is 1. The molecule has 0 aliphatic carbocycles. The molecule has 0 aromatic carbocycles. The van der Waals surface area contributed by atoms with E-state index in [0.29, 0.717) is 0 Å². The third-order valence-corrected chi connectivity index (χ3v) is 3.57. The molecule has 0 saturated carbocycles. The van der Waals surface area contributed by atoms with Crippen LogP contribution in [0.25, 0.3) is 16.9 Å². The van der Waals surface area contributed by atoms with Gasteiger partial charge in [0.25, 0.3) is 0 Å². The summed E-state index contributed by atoms with van der Waals surface area (Å²) in [5.41, 5.74) is 4.13. The summed E-state index contributed by atoms with van der Waals surface area (Å²) < 4.78 is 2.05. The Kier molecular flexibility index (Phi) is 2.64. The molecular formula is C16H15N5. The highest BCUT2D eigenvalue weighted by atomic mass is 15.3. The first kappa shape index (κ1) is 12.0. The van der Waals surface area contributed by atoms with Crippen LogP contribution in [0.2, 0.25) is 0 Å². The number of aromatic nitrogens is 3. The summed E-state index contributed by atoms with van der Waals surface area (Å²) in [5.74, 6) is 0.930. The lowest BCUT2D eigenvalue weighted by molar-refractivity contribution is 0.887. The highest BCUT2D eigenvalue weighted by Gasteiger charge is 2.09. The van der Waals surface area contributed by atoms with Crippen molar-refractivity contribution in [3.8, 4) is 11.3 Å². The van der Waals surface area contributed by atoms with Gasteiger partial charge in [-0.2, -0.15) is 0 Å². The average Bonchev–Trinajstić information content (AvgIpc) is 3.16. The maximum absolute atomic E-state index is 4.63. The fraction of sp³-hybridized carbons (Fsp3) is 0.125. The van der Waals surface area contributed by atoms with E-state index >= 15 is 0 Å². The zero-order valence-corrected chi connectivity index (χ0v) is 11.7. The normalized spacial score (nSPS) is 13.9. The molecule has 21 heavy (non-hydrogen) atoms. The Bertz CT molecular complexity index is 816. The number of nitrogens with zero attached hydrogens (tertiary/aromatic N) is 4. The predicted molar refractivity (Wildman–Crippen MR) is 82.8 cm³/mol. The van der Waals surface area contributed by atoms with E-state index in [1.807, 2.05) is 41.3 Å². The molecule has 104 valence electrons. The maximum atomic E-state index is 4.63. The van der Waals surface area contributed by atoms with Gasteiger partial charge in [0.2, 0.25) is 0 Å². The smallest absolute Gasteiger partial charge is 0.137 e. The highest BCUT2D eigenvalue weighted by molar-refractivity contribution is 5.63. The lowest BCUT2D eigenvalue weighted by atomic mass is 10.2. The summed E-state index contributed by atoms with van der Waals surface area (Å²) in [6.07, 6.45) is 9.89. The molecule has 0 bridgehead atoms. The van der Waals surface area contributed by atoms with Crippen molar-refractivity contribution in [1.82, 2.24) is 19.7 Å². The number of nitrogens with one attached hydrogen (secondary N) is 1. The molecule has 4 heterocycles. The molecular weight excluding hydrogens is 262 g/mol. The van der Waals surface area contributed by atoms with Crippen LogP contribution in [0, 0.1) is 6.92 Å². The first-order chi connectivity index (χ1) is 10.3. The van der Waals surface area contributed by atoms with Crippen LogP contribution in [0.4, 0.5) is 5.82 Å². The van der Waals surface area contributed by atoms with Gasteiger partial charge in [-0.05, 0) is 30.7 Å². The summed E-state index contributed by atoms with van der Waals surface area (Å²) in [6, 6.07) is 8.17. The van der Waals surface area contributed by atoms with E-state index in [2.05, 4.69) is 45.4 Å². The lowest BCUT2D eigenvalue weighted by Crippen LogP contribution is -2.20. The van der Waals surface area contributed by atoms with Gasteiger partial charge in [0, 0.05) is 36.6 Å². The molecule has 0 radical (unpaired) electrons. The van der Waals surface area contributed by atoms with Crippen LogP contribution in [0.1, 0.15) is 5.56 Å². The van der Waals surface area contributed by atoms with Gasteiger partial charge in [0.15, 0.2) is 0 Å². The monoisotopic (exact) mass is 277 g/mol. The topological polar surface area (TPSA) is 45.5 Å². The maximum Gasteiger partial charge on any atom is 0.137 e. The number of anilines is 1. The van der Waals surface area contributed by atoms with Crippen LogP contribution in [-0.4, -0.2) is 21.0 Å². The number of aryl methyl sites for hydroxylation is 1. The van der Waals surface area contributed by atoms with Gasteiger partial charge in [0.05, 0.1) is 12.4 Å². The SMILES string of the molecule is Cc1ccc2nc(-c3ccc(N4C=CNC4)nc3)cn2c1. The molecule has 0 saturated heterocycles. The molecule has 0 atom stereocenters. The molecule has 0 amide bonds. The number of hydrogen-bond donors (Lipinski definition) is 1. The fourth-order valence-corrected chi connectivity index (χ4v) is 2.45. The van der Waals surface area contributed by atoms with Crippen molar-refractivity contribution in [2.75, 3.05) is 11.6 Å². The fourth-order valence-electron chi connectivity index (χ4n) is 2.45. The van der Waals surface area contributed by atoms with Crippen LogP contribution in [-0.2, 0) is 0 Å². The Labute approximate surface area is 122 Å². The second kappa shape index (κ2) is 4.63. The lowest BCUT2D eigenvalue weighted by Gasteiger charge is -2.13. The first-order valence-corrected chi connectivity index (χ1v) is 6.88. The van der Waals surface area contributed by atoms with Crippen LogP contribution in [0.5, 0.6) is 0 Å². The van der Waals surface area contributed by atoms with E-state index in [0.717, 1.165) is 29.4 Å². The van der Waals surface area contributed by atoms with E-state index in [9.17, 15) is 0 Å². The van der Waals surface area contributed by atoms with Crippen LogP contribution < -0.4 is 10.2 Å². The molecule has 3 aromatic rings. The molecule has 5 nitrogen and oxygen atoms in total. The minimum atomic E-state index is 0.764. The molecule has 1 aliphatic rings. The van der Waals surface area contributed by atoms with Gasteiger partial charge in [-0.25, -0.2) is 9.97 Å². The molecule has 0 fully saturated rings. The predicted octanol–water partition coefficient (Wildman–Crippen LogP) is 2.54. The molecule has 5 heteroatoms. The number of rotatable bonds is 2. The summed E-state index contributed by atoms with van der Waals surface area (Å²) >= 11 is 0.